The first kappa shape index (κ1) is 51.6. The highest BCUT2D eigenvalue weighted by atomic mass is 15.6. The molecule has 0 unspecified atom stereocenters. The number of hydrogen-bond acceptors (Lipinski definition) is 4. The smallest absolute Gasteiger partial charge is 0.0737 e. The Balaban J connectivity index is 1.09. The summed E-state index contributed by atoms with van der Waals surface area (Å²) in [5.74, 6) is 0. The summed E-state index contributed by atoms with van der Waals surface area (Å²) in [5, 5.41) is 16.2. The first-order valence-corrected chi connectivity index (χ1v) is 29.8. The molecule has 8 nitrogen and oxygen atoms in total. The van der Waals surface area contributed by atoms with Crippen molar-refractivity contribution >= 4 is 77.8 Å². The Morgan fingerprint density at radius 2 is 0.375 bits per heavy atom. The first-order valence-electron chi connectivity index (χ1n) is 29.8. The zero-order valence-electron chi connectivity index (χ0n) is 48.1. The van der Waals surface area contributed by atoms with Crippen molar-refractivity contribution in [3.63, 3.8) is 0 Å². The second-order valence-electron chi connectivity index (χ2n) is 21.9. The lowest BCUT2D eigenvalue weighted by Gasteiger charge is -2.36. The van der Waals surface area contributed by atoms with Crippen molar-refractivity contribution < 1.29 is 0 Å². The number of nitrogens with zero attached hydrogens (tertiary/aromatic N) is 8. The van der Waals surface area contributed by atoms with Crippen LogP contribution in [0.2, 0.25) is 0 Å². The minimum Gasteiger partial charge on any atom is -0.256 e. The number of hydrogen-bond donors (Lipinski definition) is 0. The van der Waals surface area contributed by atoms with Gasteiger partial charge in [-0.05, 0) is 109 Å². The maximum absolute atomic E-state index is 2.41. The van der Waals surface area contributed by atoms with Gasteiger partial charge in [-0.2, -0.15) is 0 Å². The van der Waals surface area contributed by atoms with E-state index in [1.54, 1.807) is 0 Å². The van der Waals surface area contributed by atoms with Crippen LogP contribution >= 0.6 is 0 Å². The van der Waals surface area contributed by atoms with Gasteiger partial charge >= 0.3 is 0 Å². The molecule has 88 heavy (non-hydrogen) atoms. The molecule has 0 N–H and O–H groups in total. The van der Waals surface area contributed by atoms with Gasteiger partial charge in [-0.1, -0.05) is 218 Å². The third-order valence-electron chi connectivity index (χ3n) is 16.8. The van der Waals surface area contributed by atoms with Crippen LogP contribution in [0.3, 0.4) is 0 Å². The quantitative estimate of drug-likeness (QED) is 0.0903. The van der Waals surface area contributed by atoms with Crippen molar-refractivity contribution in [2.75, 3.05) is 20.0 Å². The summed E-state index contributed by atoms with van der Waals surface area (Å²) in [6.07, 6.45) is 8.76. The lowest BCUT2D eigenvalue weighted by atomic mass is 9.90. The molecule has 0 aliphatic heterocycles. The molecule has 16 rings (SSSR count). The van der Waals surface area contributed by atoms with E-state index in [4.69, 9.17) is 0 Å². The van der Waals surface area contributed by atoms with Crippen molar-refractivity contribution in [3.8, 4) is 45.0 Å². The van der Waals surface area contributed by atoms with Gasteiger partial charge in [0, 0.05) is 79.4 Å². The third-order valence-corrected chi connectivity index (χ3v) is 16.8. The van der Waals surface area contributed by atoms with E-state index in [1.807, 2.05) is 0 Å². The van der Waals surface area contributed by atoms with Crippen molar-refractivity contribution in [1.82, 2.24) is 18.7 Å². The van der Waals surface area contributed by atoms with E-state index in [0.717, 1.165) is 123 Å². The van der Waals surface area contributed by atoms with Crippen LogP contribution in [0.1, 0.15) is 0 Å². The number of aromatic nitrogens is 4. The number of benzene rings is 12. The average molecular weight is 1130 g/mol. The van der Waals surface area contributed by atoms with Crippen molar-refractivity contribution in [2.45, 2.75) is 0 Å². The summed E-state index contributed by atoms with van der Waals surface area (Å²) >= 11 is 0. The number of para-hydroxylation sites is 4. The van der Waals surface area contributed by atoms with Crippen molar-refractivity contribution in [2.24, 2.45) is 0 Å². The third kappa shape index (κ3) is 8.94. The second-order valence-corrected chi connectivity index (χ2v) is 21.9. The largest absolute Gasteiger partial charge is 0.256 e. The predicted molar refractivity (Wildman–Crippen MR) is 366 cm³/mol. The van der Waals surface area contributed by atoms with Crippen molar-refractivity contribution in [1.29, 1.82) is 0 Å². The van der Waals surface area contributed by atoms with E-state index >= 15 is 0 Å². The summed E-state index contributed by atoms with van der Waals surface area (Å²) in [4.78, 5) is 0. The fraction of sp³-hybridized carbons (Fsp3) is 0. The van der Waals surface area contributed by atoms with E-state index in [-0.39, 0.29) is 0 Å². The molecule has 0 amide bonds. The molecule has 0 saturated heterocycles. The van der Waals surface area contributed by atoms with E-state index in [1.165, 1.54) is 0 Å². The Morgan fingerprint density at radius 1 is 0.182 bits per heavy atom. The lowest BCUT2D eigenvalue weighted by Crippen LogP contribution is -2.28. The topological polar surface area (TPSA) is 32.7 Å². The Labute approximate surface area is 511 Å². The molecule has 0 aliphatic carbocycles. The van der Waals surface area contributed by atoms with Gasteiger partial charge in [0.1, 0.15) is 0 Å². The molecule has 12 aromatic carbocycles. The fourth-order valence-corrected chi connectivity index (χ4v) is 13.0. The Morgan fingerprint density at radius 3 is 0.580 bits per heavy atom. The molecule has 16 aromatic rings. The first-order chi connectivity index (χ1) is 43.7. The summed E-state index contributed by atoms with van der Waals surface area (Å²) in [6, 6.07) is 118. The highest BCUT2D eigenvalue weighted by molar-refractivity contribution is 6.32. The van der Waals surface area contributed by atoms with Crippen LogP contribution in [0, 0.1) is 0 Å². The van der Waals surface area contributed by atoms with E-state index in [9.17, 15) is 0 Å². The molecule has 0 saturated carbocycles. The summed E-state index contributed by atoms with van der Waals surface area (Å²) < 4.78 is 9.27. The van der Waals surface area contributed by atoms with Crippen LogP contribution in [0.4, 0.5) is 45.5 Å². The number of rotatable bonds is 16. The van der Waals surface area contributed by atoms with Crippen LogP contribution in [-0.4, -0.2) is 18.7 Å². The van der Waals surface area contributed by atoms with Gasteiger partial charge in [-0.3, -0.25) is 18.7 Å². The molecule has 0 aliphatic rings. The molecule has 0 atom stereocenters. The minimum atomic E-state index is 0.992. The molecule has 0 spiro atoms. The summed E-state index contributed by atoms with van der Waals surface area (Å²) in [5.41, 5.74) is 16.6. The van der Waals surface area contributed by atoms with Gasteiger partial charge in [0.05, 0.1) is 68.3 Å². The van der Waals surface area contributed by atoms with Gasteiger partial charge in [0.2, 0.25) is 0 Å². The molecular weight excluding hydrogens is 1070 g/mol. The zero-order chi connectivity index (χ0) is 58.3. The Bertz CT molecular complexity index is 4390. The summed E-state index contributed by atoms with van der Waals surface area (Å²) in [7, 11) is 0. The molecule has 0 radical (unpaired) electrons. The highest BCUT2D eigenvalue weighted by Gasteiger charge is 2.31. The monoisotopic (exact) mass is 1130 g/mol. The van der Waals surface area contributed by atoms with Gasteiger partial charge in [0.15, 0.2) is 0 Å². The zero-order valence-corrected chi connectivity index (χ0v) is 48.1. The van der Waals surface area contributed by atoms with Gasteiger partial charge < -0.3 is 0 Å². The van der Waals surface area contributed by atoms with Gasteiger partial charge in [-0.25, -0.2) is 20.0 Å². The maximum atomic E-state index is 2.41. The van der Waals surface area contributed by atoms with Crippen molar-refractivity contribution in [3.05, 3.63) is 352 Å². The van der Waals surface area contributed by atoms with Crippen LogP contribution in [0.25, 0.3) is 77.3 Å². The SMILES string of the molecule is c1ccc(-c2cccn2N(c2ccccc2)c2cc(N(c3ccccc3)n3cccc3-c3ccccc3)c3ccc4c(N(c5ccccc5)n5cccc5-c5ccccc5)cc(N(c5ccccc5)n5cccc5-c5ccccc5)c5ccc2c3c54)cc1. The van der Waals surface area contributed by atoms with E-state index in [0.29, 0.717) is 0 Å². The normalized spacial score (nSPS) is 11.4. The molecular formula is C80H58N8. The lowest BCUT2D eigenvalue weighted by molar-refractivity contribution is 0.823. The molecule has 0 bridgehead atoms. The van der Waals surface area contributed by atoms with Crippen LogP contribution in [-0.2, 0) is 0 Å². The molecule has 8 heteroatoms. The van der Waals surface area contributed by atoms with Gasteiger partial charge in [0.25, 0.3) is 0 Å². The van der Waals surface area contributed by atoms with Crippen LogP contribution in [0.5, 0.6) is 0 Å². The molecule has 418 valence electrons. The minimum absolute atomic E-state index is 0.992. The molecule has 0 fully saturated rings. The van der Waals surface area contributed by atoms with E-state index in [2.05, 4.69) is 391 Å². The Hall–Kier alpha value is -12.0. The highest BCUT2D eigenvalue weighted by Crippen LogP contribution is 2.53. The van der Waals surface area contributed by atoms with Gasteiger partial charge in [-0.15, -0.1) is 0 Å². The standard InChI is InChI=1S/C80H58N8/c1-9-29-59(30-10-1)71-45-25-53-81(71)85(63-37-17-5-18-38-63)75-57-76(86(64-39-19-6-20-40-64)82-54-26-46-72(82)60-31-11-2-12-32-60)68-51-52-70-78(88(66-43-23-8-24-44-66)84-56-28-48-74(84)62-35-15-4-16-36-62)58-77(69-50-49-67(75)79(68)80(69)70)87(65-41-21-7-22-42-65)83-55-27-47-73(83)61-33-13-3-14-34-61/h1-58H. The van der Waals surface area contributed by atoms with Crippen LogP contribution in [0.15, 0.2) is 352 Å². The summed E-state index contributed by atoms with van der Waals surface area (Å²) in [6.45, 7) is 0. The maximum Gasteiger partial charge on any atom is 0.0737 e. The number of anilines is 8. The predicted octanol–water partition coefficient (Wildman–Crippen LogP) is 20.9. The molecule has 4 heterocycles. The second kappa shape index (κ2) is 22.2. The fourth-order valence-electron chi connectivity index (χ4n) is 13.0. The van der Waals surface area contributed by atoms with E-state index < -0.39 is 0 Å². The Kier molecular flexibility index (Phi) is 13.0. The van der Waals surface area contributed by atoms with Crippen LogP contribution < -0.4 is 20.0 Å². The molecule has 4 aromatic heterocycles. The average Bonchev–Trinajstić information content (AvgIpc) is 0.885.